The smallest absolute Gasteiger partial charge is 0.234 e. The zero-order valence-corrected chi connectivity index (χ0v) is 19.8. The molecule has 0 spiro atoms. The molecule has 0 aliphatic rings. The first-order valence-electron chi connectivity index (χ1n) is 12.5. The molecule has 0 saturated heterocycles. The molecule has 0 radical (unpaired) electrons. The van der Waals surface area contributed by atoms with Crippen molar-refractivity contribution in [3.63, 3.8) is 0 Å². The number of phenols is 2. The fourth-order valence-electron chi connectivity index (χ4n) is 6.98. The Kier molecular flexibility index (Phi) is 3.33. The van der Waals surface area contributed by atoms with Gasteiger partial charge in [-0.1, -0.05) is 72.8 Å². The highest BCUT2D eigenvalue weighted by atomic mass is 16.3. The van der Waals surface area contributed by atoms with Crippen molar-refractivity contribution in [3.8, 4) is 11.5 Å². The first-order chi connectivity index (χ1) is 18.6. The molecule has 9 aromatic carbocycles. The Labute approximate surface area is 213 Å². The zero-order chi connectivity index (χ0) is 25.4. The predicted molar refractivity (Wildman–Crippen MR) is 156 cm³/mol. The molecule has 176 valence electrons. The highest BCUT2D eigenvalue weighted by Crippen LogP contribution is 2.49. The second-order valence-corrected chi connectivity index (χ2v) is 10.2. The van der Waals surface area contributed by atoms with Gasteiger partial charge in [-0.15, -0.1) is 0 Å². The molecule has 9 aromatic rings. The van der Waals surface area contributed by atoms with E-state index in [2.05, 4.69) is 0 Å². The molecule has 0 bridgehead atoms. The maximum absolute atomic E-state index is 13.9. The summed E-state index contributed by atoms with van der Waals surface area (Å²) in [5.41, 5.74) is -1.10. The van der Waals surface area contributed by atoms with Crippen LogP contribution in [0.15, 0.2) is 94.5 Å². The molecule has 9 rings (SSSR count). The van der Waals surface area contributed by atoms with Gasteiger partial charge in [-0.2, -0.15) is 0 Å². The lowest BCUT2D eigenvalue weighted by Gasteiger charge is -2.19. The maximum Gasteiger partial charge on any atom is 0.234 e. The van der Waals surface area contributed by atoms with Gasteiger partial charge in [0.2, 0.25) is 10.9 Å². The summed E-state index contributed by atoms with van der Waals surface area (Å²) in [5.74, 6) is 0.312. The molecule has 0 atom stereocenters. The van der Waals surface area contributed by atoms with E-state index in [9.17, 15) is 19.8 Å². The summed E-state index contributed by atoms with van der Waals surface area (Å²) in [6.07, 6.45) is 0. The van der Waals surface area contributed by atoms with Crippen LogP contribution >= 0.6 is 0 Å². The summed E-state index contributed by atoms with van der Waals surface area (Å²) in [6.45, 7) is 0. The van der Waals surface area contributed by atoms with Crippen molar-refractivity contribution in [2.75, 3.05) is 0 Å². The summed E-state index contributed by atoms with van der Waals surface area (Å²) in [6, 6.07) is 26.6. The van der Waals surface area contributed by atoms with Crippen LogP contribution in [0.2, 0.25) is 0 Å². The topological polar surface area (TPSA) is 74.6 Å². The van der Waals surface area contributed by atoms with Gasteiger partial charge in [0.25, 0.3) is 0 Å². The van der Waals surface area contributed by atoms with Crippen molar-refractivity contribution >= 4 is 86.2 Å². The van der Waals surface area contributed by atoms with Gasteiger partial charge in [-0.05, 0) is 49.8 Å². The minimum atomic E-state index is -0.561. The van der Waals surface area contributed by atoms with Crippen LogP contribution in [0.1, 0.15) is 0 Å². The largest absolute Gasteiger partial charge is 0.507 e. The van der Waals surface area contributed by atoms with Crippen LogP contribution in [0, 0.1) is 0 Å². The molecule has 0 aliphatic carbocycles. The van der Waals surface area contributed by atoms with Crippen LogP contribution in [-0.4, -0.2) is 10.2 Å². The van der Waals surface area contributed by atoms with E-state index in [1.165, 1.54) is 0 Å². The lowest BCUT2D eigenvalue weighted by Crippen LogP contribution is -2.24. The monoisotopic (exact) mass is 488 g/mol. The summed E-state index contributed by atoms with van der Waals surface area (Å²) in [7, 11) is 0. The summed E-state index contributed by atoms with van der Waals surface area (Å²) in [5, 5.41) is 33.8. The van der Waals surface area contributed by atoms with Crippen molar-refractivity contribution in [2.24, 2.45) is 0 Å². The Hall–Kier alpha value is -5.22. The number of phenolic OH excluding ortho intramolecular Hbond substituents is 2. The van der Waals surface area contributed by atoms with Gasteiger partial charge in [0.15, 0.2) is 0 Å². The average molecular weight is 488 g/mol. The number of aromatic hydroxyl groups is 2. The van der Waals surface area contributed by atoms with Gasteiger partial charge in [-0.3, -0.25) is 9.59 Å². The Bertz CT molecular complexity index is 2620. The molecule has 2 N–H and O–H groups in total. The van der Waals surface area contributed by atoms with Crippen LogP contribution in [0.4, 0.5) is 0 Å². The SMILES string of the molecule is O=c1c(=O)c2c3ccc4c5ccccc5c(O)c5ccc(c6ccc7c(O)c8ccccc8c1c7c62)c3c54. The van der Waals surface area contributed by atoms with E-state index in [1.807, 2.05) is 72.8 Å². The van der Waals surface area contributed by atoms with Gasteiger partial charge in [0.05, 0.1) is 0 Å². The second-order valence-electron chi connectivity index (χ2n) is 10.2. The number of fused-ring (bicyclic) bond motifs is 6. The molecule has 38 heavy (non-hydrogen) atoms. The van der Waals surface area contributed by atoms with E-state index in [0.29, 0.717) is 48.5 Å². The molecule has 4 nitrogen and oxygen atoms in total. The van der Waals surface area contributed by atoms with E-state index in [1.54, 1.807) is 12.1 Å². The van der Waals surface area contributed by atoms with Crippen molar-refractivity contribution in [3.05, 3.63) is 105 Å². The van der Waals surface area contributed by atoms with Crippen molar-refractivity contribution in [1.29, 1.82) is 0 Å². The fraction of sp³-hybridized carbons (Fsp3) is 0. The third-order valence-electron chi connectivity index (χ3n) is 8.52. The zero-order valence-electron chi connectivity index (χ0n) is 19.8. The first kappa shape index (κ1) is 19.9. The van der Waals surface area contributed by atoms with E-state index in [0.717, 1.165) is 37.7 Å². The number of hydrogen-bond donors (Lipinski definition) is 2. The molecule has 0 heterocycles. The normalized spacial score (nSPS) is 12.6. The molecule has 0 amide bonds. The van der Waals surface area contributed by atoms with Crippen molar-refractivity contribution < 1.29 is 10.2 Å². The fourth-order valence-corrected chi connectivity index (χ4v) is 6.98. The minimum absolute atomic E-state index is 0.107. The molecular formula is C34H16O4. The molecule has 0 unspecified atom stereocenters. The van der Waals surface area contributed by atoms with Gasteiger partial charge in [-0.25, -0.2) is 0 Å². The van der Waals surface area contributed by atoms with E-state index in [4.69, 9.17) is 0 Å². The predicted octanol–water partition coefficient (Wildman–Crippen LogP) is 7.36. The summed E-state index contributed by atoms with van der Waals surface area (Å²) >= 11 is 0. The van der Waals surface area contributed by atoms with E-state index < -0.39 is 10.9 Å². The molecule has 0 saturated carbocycles. The summed E-state index contributed by atoms with van der Waals surface area (Å²) in [4.78, 5) is 27.7. The van der Waals surface area contributed by atoms with Crippen LogP contribution in [-0.2, 0) is 0 Å². The van der Waals surface area contributed by atoms with Crippen LogP contribution in [0.5, 0.6) is 11.5 Å². The van der Waals surface area contributed by atoms with E-state index in [-0.39, 0.29) is 11.5 Å². The van der Waals surface area contributed by atoms with Crippen LogP contribution in [0.3, 0.4) is 0 Å². The molecule has 0 aliphatic heterocycles. The van der Waals surface area contributed by atoms with Gasteiger partial charge >= 0.3 is 0 Å². The maximum atomic E-state index is 13.9. The highest BCUT2D eigenvalue weighted by Gasteiger charge is 2.25. The number of hydrogen-bond acceptors (Lipinski definition) is 4. The molecule has 4 heteroatoms. The number of rotatable bonds is 0. The van der Waals surface area contributed by atoms with E-state index >= 15 is 0 Å². The quantitative estimate of drug-likeness (QED) is 0.133. The molecule has 0 fully saturated rings. The summed E-state index contributed by atoms with van der Waals surface area (Å²) < 4.78 is 0. The van der Waals surface area contributed by atoms with Gasteiger partial charge < -0.3 is 10.2 Å². The second kappa shape index (κ2) is 6.36. The van der Waals surface area contributed by atoms with Crippen molar-refractivity contribution in [2.45, 2.75) is 0 Å². The average Bonchev–Trinajstić information content (AvgIpc) is 2.96. The third-order valence-corrected chi connectivity index (χ3v) is 8.52. The van der Waals surface area contributed by atoms with Crippen LogP contribution in [0.25, 0.3) is 86.2 Å². The number of benzene rings is 9. The van der Waals surface area contributed by atoms with Crippen molar-refractivity contribution in [1.82, 2.24) is 0 Å². The standard InChI is InChI=1S/C34H16O4/c35-31-20-7-3-1-5-15(20)17-9-12-22-25-18(10-13-23(31)26(17)25)19-11-14-24-28-27(19)30(22)34(38)33(37)29(28)16-6-2-4-8-21(16)32(24)36/h1-14,35-36H. The molecule has 0 aromatic heterocycles. The minimum Gasteiger partial charge on any atom is -0.507 e. The lowest BCUT2D eigenvalue weighted by atomic mass is 9.83. The van der Waals surface area contributed by atoms with Gasteiger partial charge in [0.1, 0.15) is 11.5 Å². The Balaban J connectivity index is 1.67. The Morgan fingerprint density at radius 2 is 0.658 bits per heavy atom. The van der Waals surface area contributed by atoms with Crippen LogP contribution < -0.4 is 10.9 Å². The lowest BCUT2D eigenvalue weighted by molar-refractivity contribution is 0.487. The Morgan fingerprint density at radius 3 is 1.32 bits per heavy atom. The van der Waals surface area contributed by atoms with Gasteiger partial charge in [0, 0.05) is 48.5 Å². The Morgan fingerprint density at radius 1 is 0.316 bits per heavy atom. The molecular weight excluding hydrogens is 472 g/mol. The third kappa shape index (κ3) is 2.04. The first-order valence-corrected chi connectivity index (χ1v) is 12.5. The highest BCUT2D eigenvalue weighted by molar-refractivity contribution is 6.43.